The van der Waals surface area contributed by atoms with Gasteiger partial charge in [0.1, 0.15) is 24.4 Å². The first-order chi connectivity index (χ1) is 14.3. The molecule has 0 radical (unpaired) electrons. The molecule has 1 saturated carbocycles. The van der Waals surface area contributed by atoms with Crippen molar-refractivity contribution in [3.05, 3.63) is 88.2 Å². The van der Waals surface area contributed by atoms with Crippen molar-refractivity contribution in [3.63, 3.8) is 0 Å². The zero-order chi connectivity index (χ0) is 21.3. The van der Waals surface area contributed by atoms with Gasteiger partial charge in [-0.3, -0.25) is 4.79 Å². The summed E-state index contributed by atoms with van der Waals surface area (Å²) in [6.45, 7) is 6.37. The predicted molar refractivity (Wildman–Crippen MR) is 118 cm³/mol. The van der Waals surface area contributed by atoms with Crippen molar-refractivity contribution >= 4 is 17.6 Å². The highest BCUT2D eigenvalue weighted by atomic mass is 35.5. The van der Waals surface area contributed by atoms with Gasteiger partial charge in [-0.25, -0.2) is 0 Å². The van der Waals surface area contributed by atoms with Crippen LogP contribution in [0.2, 0.25) is 5.02 Å². The molecule has 5 heteroatoms. The molecule has 1 aliphatic rings. The number of H-pyrrole nitrogens is 1. The van der Waals surface area contributed by atoms with E-state index in [1.165, 1.54) is 11.1 Å². The predicted octanol–water partition coefficient (Wildman–Crippen LogP) is 5.71. The molecule has 2 aromatic carbocycles. The standard InChI is InChI=1S/C25H26ClNO3/c1-16-5-4-6-17(13-16)14-18-11-12-27-21(18)15-29-24(28)22-23(25(22,2)3)30-20-9-7-19(26)8-10-20/h4-13,22-23,27H,14-15H2,1-3H3. The summed E-state index contributed by atoms with van der Waals surface area (Å²) in [6.07, 6.45) is 2.48. The number of aromatic amines is 1. The Morgan fingerprint density at radius 2 is 1.90 bits per heavy atom. The number of halogens is 1. The minimum atomic E-state index is -0.289. The molecule has 1 fully saturated rings. The number of aromatic nitrogens is 1. The summed E-state index contributed by atoms with van der Waals surface area (Å²) in [5.41, 5.74) is 4.27. The van der Waals surface area contributed by atoms with Gasteiger partial charge in [0.25, 0.3) is 0 Å². The minimum absolute atomic E-state index is 0.207. The number of ether oxygens (including phenoxy) is 2. The summed E-state index contributed by atoms with van der Waals surface area (Å²) in [5.74, 6) is 0.191. The van der Waals surface area contributed by atoms with Gasteiger partial charge < -0.3 is 14.5 Å². The van der Waals surface area contributed by atoms with E-state index in [0.717, 1.165) is 17.7 Å². The minimum Gasteiger partial charge on any atom is -0.489 e. The molecule has 4 rings (SSSR count). The Hall–Kier alpha value is -2.72. The summed E-state index contributed by atoms with van der Waals surface area (Å²) in [6, 6.07) is 17.7. The van der Waals surface area contributed by atoms with Gasteiger partial charge in [-0.1, -0.05) is 55.3 Å². The maximum atomic E-state index is 12.7. The Kier molecular flexibility index (Phi) is 5.61. The Balaban J connectivity index is 1.36. The lowest BCUT2D eigenvalue weighted by Crippen LogP contribution is -2.13. The maximum absolute atomic E-state index is 12.7. The number of hydrogen-bond donors (Lipinski definition) is 1. The van der Waals surface area contributed by atoms with Crippen LogP contribution in [0.15, 0.2) is 60.8 Å². The number of hydrogen-bond acceptors (Lipinski definition) is 3. The zero-order valence-corrected chi connectivity index (χ0v) is 18.2. The fraction of sp³-hybridized carbons (Fsp3) is 0.320. The number of nitrogens with one attached hydrogen (secondary N) is 1. The molecule has 1 aliphatic carbocycles. The molecule has 1 heterocycles. The van der Waals surface area contributed by atoms with Crippen LogP contribution in [-0.2, 0) is 22.6 Å². The number of carbonyl (C=O) groups excluding carboxylic acids is 1. The summed E-state index contributed by atoms with van der Waals surface area (Å²) in [7, 11) is 0. The van der Waals surface area contributed by atoms with Gasteiger partial charge >= 0.3 is 5.97 Å². The van der Waals surface area contributed by atoms with Crippen LogP contribution in [-0.4, -0.2) is 17.1 Å². The lowest BCUT2D eigenvalue weighted by atomic mass is 10.0. The molecule has 0 amide bonds. The number of aryl methyl sites for hydroxylation is 1. The first kappa shape index (κ1) is 20.5. The highest BCUT2D eigenvalue weighted by Gasteiger charge is 2.65. The third-order valence-electron chi connectivity index (χ3n) is 5.82. The molecule has 0 saturated heterocycles. The summed E-state index contributed by atoms with van der Waals surface area (Å²) >= 11 is 5.93. The van der Waals surface area contributed by atoms with E-state index in [9.17, 15) is 4.79 Å². The molecule has 0 spiro atoms. The summed E-state index contributed by atoms with van der Waals surface area (Å²) in [5, 5.41) is 0.654. The third-order valence-corrected chi connectivity index (χ3v) is 6.08. The van der Waals surface area contributed by atoms with Crippen LogP contribution in [0.4, 0.5) is 0 Å². The fourth-order valence-corrected chi connectivity index (χ4v) is 4.04. The maximum Gasteiger partial charge on any atom is 0.313 e. The molecule has 2 atom stereocenters. The van der Waals surface area contributed by atoms with E-state index in [2.05, 4.69) is 36.2 Å². The van der Waals surface area contributed by atoms with E-state index in [4.69, 9.17) is 21.1 Å². The molecule has 0 bridgehead atoms. The van der Waals surface area contributed by atoms with Crippen molar-refractivity contribution in [2.75, 3.05) is 0 Å². The van der Waals surface area contributed by atoms with Gasteiger partial charge in [0, 0.05) is 16.6 Å². The molecule has 1 aromatic heterocycles. The Labute approximate surface area is 182 Å². The number of rotatable bonds is 7. The van der Waals surface area contributed by atoms with E-state index in [-0.39, 0.29) is 30.0 Å². The molecular weight excluding hydrogens is 398 g/mol. The first-order valence-corrected chi connectivity index (χ1v) is 10.5. The van der Waals surface area contributed by atoms with Crippen LogP contribution in [0.25, 0.3) is 0 Å². The average molecular weight is 424 g/mol. The highest BCUT2D eigenvalue weighted by Crippen LogP contribution is 2.54. The molecular formula is C25H26ClNO3. The Bertz CT molecular complexity index is 1040. The lowest BCUT2D eigenvalue weighted by molar-refractivity contribution is -0.148. The van der Waals surface area contributed by atoms with Crippen LogP contribution in [0.1, 0.15) is 36.2 Å². The van der Waals surface area contributed by atoms with E-state index in [1.807, 2.05) is 38.2 Å². The zero-order valence-electron chi connectivity index (χ0n) is 17.4. The largest absolute Gasteiger partial charge is 0.489 e. The van der Waals surface area contributed by atoms with Gasteiger partial charge in [-0.15, -0.1) is 0 Å². The SMILES string of the molecule is Cc1cccc(Cc2cc[nH]c2COC(=O)C2C(Oc3ccc(Cl)cc3)C2(C)C)c1. The van der Waals surface area contributed by atoms with Crippen molar-refractivity contribution in [3.8, 4) is 5.75 Å². The Morgan fingerprint density at radius 3 is 2.63 bits per heavy atom. The fourth-order valence-electron chi connectivity index (χ4n) is 3.91. The van der Waals surface area contributed by atoms with Crippen LogP contribution >= 0.6 is 11.6 Å². The van der Waals surface area contributed by atoms with Gasteiger partial charge in [-0.05, 0) is 54.8 Å². The van der Waals surface area contributed by atoms with E-state index < -0.39 is 0 Å². The van der Waals surface area contributed by atoms with Gasteiger partial charge in [0.2, 0.25) is 0 Å². The molecule has 2 unspecified atom stereocenters. The quantitative estimate of drug-likeness (QED) is 0.495. The first-order valence-electron chi connectivity index (χ1n) is 10.1. The Morgan fingerprint density at radius 1 is 1.13 bits per heavy atom. The van der Waals surface area contributed by atoms with Gasteiger partial charge in [0.05, 0.1) is 5.69 Å². The van der Waals surface area contributed by atoms with Crippen molar-refractivity contribution < 1.29 is 14.3 Å². The van der Waals surface area contributed by atoms with Crippen molar-refractivity contribution in [2.24, 2.45) is 11.3 Å². The summed E-state index contributed by atoms with van der Waals surface area (Å²) in [4.78, 5) is 16.0. The number of carbonyl (C=O) groups is 1. The molecule has 30 heavy (non-hydrogen) atoms. The third kappa shape index (κ3) is 4.39. The van der Waals surface area contributed by atoms with Crippen molar-refractivity contribution in [1.29, 1.82) is 0 Å². The van der Waals surface area contributed by atoms with Crippen LogP contribution in [0.3, 0.4) is 0 Å². The average Bonchev–Trinajstić information content (AvgIpc) is 3.01. The molecule has 4 nitrogen and oxygen atoms in total. The second kappa shape index (κ2) is 8.19. The number of esters is 1. The van der Waals surface area contributed by atoms with Crippen LogP contribution < -0.4 is 4.74 Å². The molecule has 0 aliphatic heterocycles. The van der Waals surface area contributed by atoms with E-state index in [1.54, 1.807) is 12.1 Å². The summed E-state index contributed by atoms with van der Waals surface area (Å²) < 4.78 is 11.7. The van der Waals surface area contributed by atoms with Crippen LogP contribution in [0.5, 0.6) is 5.75 Å². The second-order valence-electron chi connectivity index (χ2n) is 8.55. The smallest absolute Gasteiger partial charge is 0.313 e. The monoisotopic (exact) mass is 423 g/mol. The van der Waals surface area contributed by atoms with Gasteiger partial charge in [0.15, 0.2) is 0 Å². The highest BCUT2D eigenvalue weighted by molar-refractivity contribution is 6.30. The normalized spacial score (nSPS) is 19.3. The van der Waals surface area contributed by atoms with Crippen LogP contribution in [0, 0.1) is 18.3 Å². The van der Waals surface area contributed by atoms with Crippen molar-refractivity contribution in [2.45, 2.75) is 39.9 Å². The number of benzene rings is 2. The van der Waals surface area contributed by atoms with E-state index >= 15 is 0 Å². The molecule has 1 N–H and O–H groups in total. The van der Waals surface area contributed by atoms with Gasteiger partial charge in [-0.2, -0.15) is 0 Å². The molecule has 156 valence electrons. The topological polar surface area (TPSA) is 51.3 Å². The second-order valence-corrected chi connectivity index (χ2v) is 8.98. The van der Waals surface area contributed by atoms with Crippen molar-refractivity contribution in [1.82, 2.24) is 4.98 Å². The molecule has 3 aromatic rings. The lowest BCUT2D eigenvalue weighted by Gasteiger charge is -2.08. The van der Waals surface area contributed by atoms with E-state index in [0.29, 0.717) is 10.8 Å².